The van der Waals surface area contributed by atoms with Crippen molar-refractivity contribution >= 4 is 49.1 Å². The van der Waals surface area contributed by atoms with Crippen LogP contribution in [0.15, 0.2) is 28.7 Å². The maximum absolute atomic E-state index is 12.2. The third-order valence-electron chi connectivity index (χ3n) is 2.73. The summed E-state index contributed by atoms with van der Waals surface area (Å²) in [5, 5.41) is 1.04. The molecule has 0 aliphatic rings. The first-order chi connectivity index (χ1) is 9.74. The second kappa shape index (κ2) is 6.28. The Hall–Kier alpha value is -1.20. The largest absolute Gasteiger partial charge is 0.460 e. The molecule has 0 atom stereocenters. The summed E-state index contributed by atoms with van der Waals surface area (Å²) >= 11 is 4.87. The summed E-state index contributed by atoms with van der Waals surface area (Å²) < 4.78 is 7.26. The zero-order valence-electron chi connectivity index (χ0n) is 12.2. The van der Waals surface area contributed by atoms with Gasteiger partial charge in [-0.15, -0.1) is 11.3 Å². The van der Waals surface area contributed by atoms with Gasteiger partial charge in [-0.05, 0) is 50.4 Å². The van der Waals surface area contributed by atoms with Crippen LogP contribution in [0.5, 0.6) is 0 Å². The number of Topliss-reactive ketones (excluding diaryl/α,β-unsaturated/α-hetero) is 1. The van der Waals surface area contributed by atoms with E-state index in [1.807, 2.05) is 45.0 Å². The van der Waals surface area contributed by atoms with E-state index in [9.17, 15) is 9.59 Å². The molecule has 0 fully saturated rings. The van der Waals surface area contributed by atoms with Crippen molar-refractivity contribution < 1.29 is 14.3 Å². The van der Waals surface area contributed by atoms with E-state index in [1.54, 1.807) is 0 Å². The van der Waals surface area contributed by atoms with Crippen molar-refractivity contribution in [2.45, 2.75) is 39.2 Å². The SMILES string of the molecule is CC(C)(C)OC(=O)CCC(=O)c1cc2cc(Br)ccc2s1. The third kappa shape index (κ3) is 4.64. The van der Waals surface area contributed by atoms with E-state index in [0.717, 1.165) is 14.6 Å². The van der Waals surface area contributed by atoms with E-state index >= 15 is 0 Å². The summed E-state index contributed by atoms with van der Waals surface area (Å²) in [7, 11) is 0. The zero-order chi connectivity index (χ0) is 15.6. The molecular weight excluding hydrogens is 352 g/mol. The molecule has 2 rings (SSSR count). The molecule has 0 spiro atoms. The molecule has 2 aromatic rings. The first kappa shape index (κ1) is 16.2. The molecule has 0 aliphatic heterocycles. The van der Waals surface area contributed by atoms with Crippen LogP contribution >= 0.6 is 27.3 Å². The average Bonchev–Trinajstić information content (AvgIpc) is 2.76. The number of carbonyl (C=O) groups excluding carboxylic acids is 2. The van der Waals surface area contributed by atoms with Crippen molar-refractivity contribution in [1.82, 2.24) is 0 Å². The number of hydrogen-bond acceptors (Lipinski definition) is 4. The minimum atomic E-state index is -0.510. The lowest BCUT2D eigenvalue weighted by Gasteiger charge is -2.19. The van der Waals surface area contributed by atoms with Gasteiger partial charge in [-0.3, -0.25) is 9.59 Å². The number of ether oxygens (including phenoxy) is 1. The fraction of sp³-hybridized carbons (Fsp3) is 0.375. The second-order valence-corrected chi connectivity index (χ2v) is 7.80. The maximum atomic E-state index is 12.2. The fourth-order valence-electron chi connectivity index (χ4n) is 1.88. The molecule has 0 N–H and O–H groups in total. The smallest absolute Gasteiger partial charge is 0.306 e. The van der Waals surface area contributed by atoms with Crippen LogP contribution in [-0.4, -0.2) is 17.4 Å². The molecule has 21 heavy (non-hydrogen) atoms. The third-order valence-corrected chi connectivity index (χ3v) is 4.38. The van der Waals surface area contributed by atoms with Gasteiger partial charge < -0.3 is 4.74 Å². The highest BCUT2D eigenvalue weighted by Crippen LogP contribution is 2.29. The van der Waals surface area contributed by atoms with Crippen molar-refractivity contribution in [2.24, 2.45) is 0 Å². The second-order valence-electron chi connectivity index (χ2n) is 5.80. The van der Waals surface area contributed by atoms with Crippen LogP contribution in [0.2, 0.25) is 0 Å². The first-order valence-corrected chi connectivity index (χ1v) is 8.30. The Kier molecular flexibility index (Phi) is 4.84. The topological polar surface area (TPSA) is 43.4 Å². The van der Waals surface area contributed by atoms with Crippen LogP contribution in [0.25, 0.3) is 10.1 Å². The van der Waals surface area contributed by atoms with Crippen LogP contribution in [0.1, 0.15) is 43.3 Å². The van der Waals surface area contributed by atoms with E-state index in [4.69, 9.17) is 4.74 Å². The minimum Gasteiger partial charge on any atom is -0.460 e. The lowest BCUT2D eigenvalue weighted by Crippen LogP contribution is -2.24. The molecule has 0 unspecified atom stereocenters. The van der Waals surface area contributed by atoms with Gasteiger partial charge in [0.2, 0.25) is 0 Å². The zero-order valence-corrected chi connectivity index (χ0v) is 14.6. The first-order valence-electron chi connectivity index (χ1n) is 6.69. The van der Waals surface area contributed by atoms with Crippen molar-refractivity contribution in [2.75, 3.05) is 0 Å². The lowest BCUT2D eigenvalue weighted by molar-refractivity contribution is -0.154. The van der Waals surface area contributed by atoms with E-state index in [0.29, 0.717) is 4.88 Å². The molecule has 1 aromatic heterocycles. The molecule has 1 aromatic carbocycles. The van der Waals surface area contributed by atoms with Gasteiger partial charge in [0.25, 0.3) is 0 Å². The standard InChI is InChI=1S/C16H17BrO3S/c1-16(2,3)20-15(19)7-5-12(18)14-9-10-8-11(17)4-6-13(10)21-14/h4,6,8-9H,5,7H2,1-3H3. The van der Waals surface area contributed by atoms with Crippen LogP contribution in [-0.2, 0) is 9.53 Å². The number of benzene rings is 1. The van der Waals surface area contributed by atoms with Gasteiger partial charge in [0, 0.05) is 15.6 Å². The summed E-state index contributed by atoms with van der Waals surface area (Å²) in [5.74, 6) is -0.349. The predicted octanol–water partition coefficient (Wildman–Crippen LogP) is 4.97. The molecule has 1 heterocycles. The normalized spacial score (nSPS) is 11.6. The number of rotatable bonds is 4. The molecule has 112 valence electrons. The molecule has 5 heteroatoms. The Morgan fingerprint density at radius 2 is 1.90 bits per heavy atom. The maximum Gasteiger partial charge on any atom is 0.306 e. The van der Waals surface area contributed by atoms with Crippen molar-refractivity contribution in [3.63, 3.8) is 0 Å². The van der Waals surface area contributed by atoms with Gasteiger partial charge in [-0.25, -0.2) is 0 Å². The lowest BCUT2D eigenvalue weighted by atomic mass is 10.1. The number of halogens is 1. The average molecular weight is 369 g/mol. The summed E-state index contributed by atoms with van der Waals surface area (Å²) in [4.78, 5) is 24.5. The molecule has 0 bridgehead atoms. The summed E-state index contributed by atoms with van der Waals surface area (Å²) in [6.45, 7) is 5.45. The van der Waals surface area contributed by atoms with Gasteiger partial charge in [-0.1, -0.05) is 15.9 Å². The summed E-state index contributed by atoms with van der Waals surface area (Å²) in [6, 6.07) is 7.79. The van der Waals surface area contributed by atoms with E-state index in [-0.39, 0.29) is 24.6 Å². The molecule has 0 saturated heterocycles. The van der Waals surface area contributed by atoms with Crippen LogP contribution in [0, 0.1) is 0 Å². The molecule has 0 aliphatic carbocycles. The van der Waals surface area contributed by atoms with Gasteiger partial charge in [0.05, 0.1) is 11.3 Å². The van der Waals surface area contributed by atoms with E-state index in [1.165, 1.54) is 11.3 Å². The summed E-state index contributed by atoms with van der Waals surface area (Å²) in [5.41, 5.74) is -0.510. The Morgan fingerprint density at radius 3 is 2.57 bits per heavy atom. The Balaban J connectivity index is 2.01. The van der Waals surface area contributed by atoms with Gasteiger partial charge >= 0.3 is 5.97 Å². The molecule has 0 amide bonds. The van der Waals surface area contributed by atoms with Crippen LogP contribution < -0.4 is 0 Å². The number of fused-ring (bicyclic) bond motifs is 1. The van der Waals surface area contributed by atoms with Gasteiger partial charge in [0.15, 0.2) is 5.78 Å². The van der Waals surface area contributed by atoms with Gasteiger partial charge in [-0.2, -0.15) is 0 Å². The molecule has 3 nitrogen and oxygen atoms in total. The number of ketones is 1. The highest BCUT2D eigenvalue weighted by atomic mass is 79.9. The highest BCUT2D eigenvalue weighted by Gasteiger charge is 2.18. The molecule has 0 radical (unpaired) electrons. The van der Waals surface area contributed by atoms with Crippen molar-refractivity contribution in [3.05, 3.63) is 33.6 Å². The van der Waals surface area contributed by atoms with Gasteiger partial charge in [0.1, 0.15) is 5.60 Å². The number of thiophene rings is 1. The molecule has 0 saturated carbocycles. The number of esters is 1. The quantitative estimate of drug-likeness (QED) is 0.565. The van der Waals surface area contributed by atoms with Crippen LogP contribution in [0.3, 0.4) is 0 Å². The predicted molar refractivity (Wildman–Crippen MR) is 88.9 cm³/mol. The molecular formula is C16H17BrO3S. The Labute approximate surface area is 136 Å². The summed E-state index contributed by atoms with van der Waals surface area (Å²) in [6.07, 6.45) is 0.303. The van der Waals surface area contributed by atoms with E-state index in [2.05, 4.69) is 15.9 Å². The van der Waals surface area contributed by atoms with E-state index < -0.39 is 5.60 Å². The number of carbonyl (C=O) groups is 2. The minimum absolute atomic E-state index is 0.0156. The van der Waals surface area contributed by atoms with Crippen molar-refractivity contribution in [1.29, 1.82) is 0 Å². The Bertz CT molecular complexity index is 682. The van der Waals surface area contributed by atoms with Crippen LogP contribution in [0.4, 0.5) is 0 Å². The fourth-order valence-corrected chi connectivity index (χ4v) is 3.27. The van der Waals surface area contributed by atoms with Crippen molar-refractivity contribution in [3.8, 4) is 0 Å². The highest BCUT2D eigenvalue weighted by molar-refractivity contribution is 9.10. The number of hydrogen-bond donors (Lipinski definition) is 0. The Morgan fingerprint density at radius 1 is 1.19 bits per heavy atom. The monoisotopic (exact) mass is 368 g/mol.